The lowest BCUT2D eigenvalue weighted by molar-refractivity contribution is -0.127. The number of benzene rings is 1. The van der Waals surface area contributed by atoms with Crippen LogP contribution in [0.5, 0.6) is 0 Å². The van der Waals surface area contributed by atoms with E-state index >= 15 is 0 Å². The maximum Gasteiger partial charge on any atom is 0.246 e. The highest BCUT2D eigenvalue weighted by molar-refractivity contribution is 7.17. The smallest absolute Gasteiger partial charge is 0.246 e. The van der Waals surface area contributed by atoms with E-state index in [-0.39, 0.29) is 11.8 Å². The zero-order valence-electron chi connectivity index (χ0n) is 13.6. The Morgan fingerprint density at radius 3 is 3.00 bits per heavy atom. The molecule has 25 heavy (non-hydrogen) atoms. The van der Waals surface area contributed by atoms with E-state index in [1.165, 1.54) is 11.3 Å². The van der Waals surface area contributed by atoms with Crippen molar-refractivity contribution >= 4 is 46.0 Å². The SMILES string of the molecule is O=C(/C=C/c1ccc(Cl)s1)N1CCCC(c2nc3ccccc3[nH]2)C1. The molecule has 0 spiro atoms. The maximum absolute atomic E-state index is 12.5. The molecule has 1 aliphatic rings. The number of carbonyl (C=O) groups is 1. The Hall–Kier alpha value is -2.11. The molecular weight excluding hydrogens is 354 g/mol. The molecule has 6 heteroatoms. The second-order valence-corrected chi connectivity index (χ2v) is 7.98. The summed E-state index contributed by atoms with van der Waals surface area (Å²) in [6.07, 6.45) is 5.52. The van der Waals surface area contributed by atoms with Crippen LogP contribution in [0.2, 0.25) is 4.34 Å². The first-order valence-corrected chi connectivity index (χ1v) is 9.55. The van der Waals surface area contributed by atoms with Crippen LogP contribution >= 0.6 is 22.9 Å². The van der Waals surface area contributed by atoms with Crippen LogP contribution in [0.25, 0.3) is 17.1 Å². The Morgan fingerprint density at radius 1 is 1.32 bits per heavy atom. The Morgan fingerprint density at radius 2 is 2.20 bits per heavy atom. The molecule has 1 saturated heterocycles. The van der Waals surface area contributed by atoms with Crippen molar-refractivity contribution < 1.29 is 4.79 Å². The molecule has 3 aromatic rings. The first-order valence-electron chi connectivity index (χ1n) is 8.36. The molecule has 1 aromatic carbocycles. The van der Waals surface area contributed by atoms with Gasteiger partial charge in [0.2, 0.25) is 5.91 Å². The van der Waals surface area contributed by atoms with Gasteiger partial charge >= 0.3 is 0 Å². The van der Waals surface area contributed by atoms with Gasteiger partial charge in [0.05, 0.1) is 15.4 Å². The van der Waals surface area contributed by atoms with Crippen LogP contribution in [0, 0.1) is 0 Å². The third-order valence-corrected chi connectivity index (χ3v) is 5.71. The lowest BCUT2D eigenvalue weighted by atomic mass is 9.97. The molecule has 3 heterocycles. The molecule has 128 valence electrons. The Kier molecular flexibility index (Phi) is 4.59. The van der Waals surface area contributed by atoms with Crippen LogP contribution in [0.4, 0.5) is 0 Å². The van der Waals surface area contributed by atoms with Gasteiger partial charge in [0.15, 0.2) is 0 Å². The molecule has 2 aromatic heterocycles. The van der Waals surface area contributed by atoms with Crippen molar-refractivity contribution in [3.05, 3.63) is 57.5 Å². The second kappa shape index (κ2) is 7.02. The minimum Gasteiger partial charge on any atom is -0.342 e. The van der Waals surface area contributed by atoms with Gasteiger partial charge in [0.25, 0.3) is 0 Å². The average molecular weight is 372 g/mol. The van der Waals surface area contributed by atoms with Gasteiger partial charge in [-0.05, 0) is 43.2 Å². The maximum atomic E-state index is 12.5. The number of para-hydroxylation sites is 2. The second-order valence-electron chi connectivity index (χ2n) is 6.24. The predicted octanol–water partition coefficient (Wildman–Crippen LogP) is 4.70. The van der Waals surface area contributed by atoms with Gasteiger partial charge in [-0.2, -0.15) is 0 Å². The number of thiophene rings is 1. The summed E-state index contributed by atoms with van der Waals surface area (Å²) in [6.45, 7) is 1.50. The van der Waals surface area contributed by atoms with Crippen molar-refractivity contribution in [2.75, 3.05) is 13.1 Å². The Balaban J connectivity index is 1.46. The number of H-pyrrole nitrogens is 1. The summed E-state index contributed by atoms with van der Waals surface area (Å²) in [5, 5.41) is 0. The van der Waals surface area contributed by atoms with Gasteiger partial charge in [-0.3, -0.25) is 4.79 Å². The van der Waals surface area contributed by atoms with E-state index in [9.17, 15) is 4.79 Å². The molecule has 0 bridgehead atoms. The van der Waals surface area contributed by atoms with Gasteiger partial charge in [0, 0.05) is 30.0 Å². The third-order valence-electron chi connectivity index (χ3n) is 4.51. The number of nitrogens with one attached hydrogen (secondary N) is 1. The molecular formula is C19H18ClN3OS. The lowest BCUT2D eigenvalue weighted by Crippen LogP contribution is -2.38. The number of halogens is 1. The van der Waals surface area contributed by atoms with Crippen molar-refractivity contribution in [2.24, 2.45) is 0 Å². The third kappa shape index (κ3) is 3.62. The molecule has 0 saturated carbocycles. The molecule has 0 aliphatic carbocycles. The number of rotatable bonds is 3. The largest absolute Gasteiger partial charge is 0.342 e. The molecule has 1 amide bonds. The van der Waals surface area contributed by atoms with E-state index in [4.69, 9.17) is 16.6 Å². The zero-order chi connectivity index (χ0) is 17.2. The molecule has 4 nitrogen and oxygen atoms in total. The van der Waals surface area contributed by atoms with Crippen LogP contribution < -0.4 is 0 Å². The zero-order valence-corrected chi connectivity index (χ0v) is 15.2. The quantitative estimate of drug-likeness (QED) is 0.678. The number of carbonyl (C=O) groups excluding carboxylic acids is 1. The van der Waals surface area contributed by atoms with E-state index < -0.39 is 0 Å². The monoisotopic (exact) mass is 371 g/mol. The van der Waals surface area contributed by atoms with Crippen molar-refractivity contribution in [3.8, 4) is 0 Å². The highest BCUT2D eigenvalue weighted by atomic mass is 35.5. The number of likely N-dealkylation sites (tertiary alicyclic amines) is 1. The van der Waals surface area contributed by atoms with E-state index in [1.54, 1.807) is 6.08 Å². The predicted molar refractivity (Wildman–Crippen MR) is 103 cm³/mol. The highest BCUT2D eigenvalue weighted by Crippen LogP contribution is 2.27. The molecule has 1 fully saturated rings. The van der Waals surface area contributed by atoms with E-state index in [0.29, 0.717) is 6.54 Å². The summed E-state index contributed by atoms with van der Waals surface area (Å²) in [6, 6.07) is 11.8. The van der Waals surface area contributed by atoms with Crippen molar-refractivity contribution in [1.29, 1.82) is 0 Å². The molecule has 0 radical (unpaired) electrons. The van der Waals surface area contributed by atoms with E-state index in [0.717, 1.165) is 45.5 Å². The van der Waals surface area contributed by atoms with Crippen molar-refractivity contribution in [2.45, 2.75) is 18.8 Å². The number of imidazole rings is 1. The first kappa shape index (κ1) is 16.4. The van der Waals surface area contributed by atoms with Gasteiger partial charge in [-0.1, -0.05) is 23.7 Å². The number of amides is 1. The van der Waals surface area contributed by atoms with Gasteiger partial charge in [-0.25, -0.2) is 4.98 Å². The summed E-state index contributed by atoms with van der Waals surface area (Å²) < 4.78 is 0.732. The number of fused-ring (bicyclic) bond motifs is 1. The Labute approximate surface area is 155 Å². The number of aromatic nitrogens is 2. The lowest BCUT2D eigenvalue weighted by Gasteiger charge is -2.31. The summed E-state index contributed by atoms with van der Waals surface area (Å²) in [5.74, 6) is 1.28. The topological polar surface area (TPSA) is 49.0 Å². The summed E-state index contributed by atoms with van der Waals surface area (Å²) in [5.41, 5.74) is 2.03. The number of hydrogen-bond acceptors (Lipinski definition) is 3. The van der Waals surface area contributed by atoms with E-state index in [1.807, 2.05) is 47.4 Å². The Bertz CT molecular complexity index is 897. The number of piperidine rings is 1. The number of aromatic amines is 1. The average Bonchev–Trinajstić information content (AvgIpc) is 3.25. The van der Waals surface area contributed by atoms with Crippen molar-refractivity contribution in [1.82, 2.24) is 14.9 Å². The van der Waals surface area contributed by atoms with E-state index in [2.05, 4.69) is 4.98 Å². The normalized spacial score (nSPS) is 18.3. The minimum atomic E-state index is 0.0466. The van der Waals surface area contributed by atoms with Crippen molar-refractivity contribution in [3.63, 3.8) is 0 Å². The molecule has 4 rings (SSSR count). The molecule has 1 aliphatic heterocycles. The molecule has 1 unspecified atom stereocenters. The summed E-state index contributed by atoms with van der Waals surface area (Å²) in [4.78, 5) is 23.5. The van der Waals surface area contributed by atoms with Crippen LogP contribution in [0.3, 0.4) is 0 Å². The van der Waals surface area contributed by atoms with Gasteiger partial charge < -0.3 is 9.88 Å². The number of hydrogen-bond donors (Lipinski definition) is 1. The fourth-order valence-corrected chi connectivity index (χ4v) is 4.21. The fourth-order valence-electron chi connectivity index (χ4n) is 3.24. The van der Waals surface area contributed by atoms with Crippen LogP contribution in [-0.2, 0) is 4.79 Å². The van der Waals surface area contributed by atoms with Gasteiger partial charge in [-0.15, -0.1) is 11.3 Å². The molecule has 1 N–H and O–H groups in total. The summed E-state index contributed by atoms with van der Waals surface area (Å²) >= 11 is 7.39. The fraction of sp³-hybridized carbons (Fsp3) is 0.263. The van der Waals surface area contributed by atoms with Gasteiger partial charge in [0.1, 0.15) is 5.82 Å². The minimum absolute atomic E-state index is 0.0466. The van der Waals surface area contributed by atoms with Crippen LogP contribution in [0.1, 0.15) is 29.5 Å². The highest BCUT2D eigenvalue weighted by Gasteiger charge is 2.25. The molecule has 1 atom stereocenters. The first-order chi connectivity index (χ1) is 12.2. The standard InChI is InChI=1S/C19H18ClN3OS/c20-17-9-7-14(25-17)8-10-18(24)23-11-3-4-13(12-23)19-21-15-5-1-2-6-16(15)22-19/h1-2,5-10,13H,3-4,11-12H2,(H,21,22)/b10-8+. The van der Waals surface area contributed by atoms with Crippen LogP contribution in [-0.4, -0.2) is 33.9 Å². The number of nitrogens with zero attached hydrogens (tertiary/aromatic N) is 2. The summed E-state index contributed by atoms with van der Waals surface area (Å²) in [7, 11) is 0. The van der Waals surface area contributed by atoms with Crippen LogP contribution in [0.15, 0.2) is 42.5 Å².